The molecule has 3 N–H and O–H groups in total. The van der Waals surface area contributed by atoms with E-state index in [1.54, 1.807) is 12.1 Å². The van der Waals surface area contributed by atoms with Crippen LogP contribution in [0.25, 0.3) is 0 Å². The predicted octanol–water partition coefficient (Wildman–Crippen LogP) is 0.413. The first-order valence-electron chi connectivity index (χ1n) is 8.70. The van der Waals surface area contributed by atoms with Crippen molar-refractivity contribution in [1.82, 2.24) is 10.0 Å². The number of hydrogen-bond donors (Lipinski definition) is 3. The van der Waals surface area contributed by atoms with E-state index in [1.807, 2.05) is 0 Å². The van der Waals surface area contributed by atoms with Gasteiger partial charge in [0.1, 0.15) is 5.76 Å². The molecule has 7 nitrogen and oxygen atoms in total. The number of benzene rings is 1. The molecule has 1 aromatic carbocycles. The number of furan rings is 1. The van der Waals surface area contributed by atoms with E-state index in [0.29, 0.717) is 17.9 Å². The summed E-state index contributed by atoms with van der Waals surface area (Å²) < 4.78 is 32.1. The standard InChI is InChI=1S/C18H25N3O4S/c1-3-21(4-2)12-11-19-18(22)15-7-9-17(10-8-15)26(23,24)20-14-16-6-5-13-25-16/h5-10,13,20H,3-4,11-12,14H2,1-2H3,(H,19,22)/p+1. The van der Waals surface area contributed by atoms with E-state index in [1.165, 1.54) is 35.4 Å². The number of likely N-dealkylation sites (N-methyl/N-ethyl adjacent to an activating group) is 1. The molecule has 142 valence electrons. The zero-order valence-corrected chi connectivity index (χ0v) is 15.9. The number of quaternary nitrogens is 1. The second-order valence-corrected chi connectivity index (χ2v) is 7.66. The molecule has 26 heavy (non-hydrogen) atoms. The lowest BCUT2D eigenvalue weighted by atomic mass is 10.2. The summed E-state index contributed by atoms with van der Waals surface area (Å²) in [6, 6.07) is 9.26. The average molecular weight is 380 g/mol. The summed E-state index contributed by atoms with van der Waals surface area (Å²) in [6.45, 7) is 7.78. The third-order valence-electron chi connectivity index (χ3n) is 4.21. The summed E-state index contributed by atoms with van der Waals surface area (Å²) >= 11 is 0. The van der Waals surface area contributed by atoms with Gasteiger partial charge in [-0.25, -0.2) is 13.1 Å². The predicted molar refractivity (Wildman–Crippen MR) is 98.4 cm³/mol. The van der Waals surface area contributed by atoms with Crippen LogP contribution in [0.3, 0.4) is 0 Å². The molecule has 8 heteroatoms. The van der Waals surface area contributed by atoms with E-state index in [4.69, 9.17) is 4.42 Å². The zero-order valence-electron chi connectivity index (χ0n) is 15.1. The van der Waals surface area contributed by atoms with Crippen molar-refractivity contribution in [1.29, 1.82) is 0 Å². The fourth-order valence-electron chi connectivity index (χ4n) is 2.51. The largest absolute Gasteiger partial charge is 0.468 e. The fraction of sp³-hybridized carbons (Fsp3) is 0.389. The second-order valence-electron chi connectivity index (χ2n) is 5.89. The SMILES string of the molecule is CC[NH+](CC)CCNC(=O)c1ccc(S(=O)(=O)NCc2ccco2)cc1. The van der Waals surface area contributed by atoms with E-state index >= 15 is 0 Å². The van der Waals surface area contributed by atoms with Gasteiger partial charge in [-0.05, 0) is 50.2 Å². The second kappa shape index (κ2) is 9.51. The maximum Gasteiger partial charge on any atom is 0.251 e. The summed E-state index contributed by atoms with van der Waals surface area (Å²) in [4.78, 5) is 13.7. The summed E-state index contributed by atoms with van der Waals surface area (Å²) in [5, 5.41) is 2.86. The normalized spacial score (nSPS) is 11.7. The summed E-state index contributed by atoms with van der Waals surface area (Å²) in [5.41, 5.74) is 0.435. The minimum atomic E-state index is -3.66. The first-order chi connectivity index (χ1) is 12.5. The van der Waals surface area contributed by atoms with Gasteiger partial charge in [-0.1, -0.05) is 0 Å². The van der Waals surface area contributed by atoms with Crippen molar-refractivity contribution in [2.24, 2.45) is 0 Å². The van der Waals surface area contributed by atoms with Gasteiger partial charge in [0.05, 0.1) is 43.9 Å². The Morgan fingerprint density at radius 2 is 1.81 bits per heavy atom. The molecule has 0 spiro atoms. The Morgan fingerprint density at radius 1 is 1.12 bits per heavy atom. The van der Waals surface area contributed by atoms with Gasteiger partial charge in [0.25, 0.3) is 5.91 Å². The first-order valence-corrected chi connectivity index (χ1v) is 10.2. The molecule has 2 aromatic rings. The Kier molecular flexibility index (Phi) is 7.38. The first kappa shape index (κ1) is 20.2. The molecule has 0 radical (unpaired) electrons. The minimum absolute atomic E-state index is 0.0747. The lowest BCUT2D eigenvalue weighted by Gasteiger charge is -2.15. The quantitative estimate of drug-likeness (QED) is 0.557. The highest BCUT2D eigenvalue weighted by molar-refractivity contribution is 7.89. The lowest BCUT2D eigenvalue weighted by Crippen LogP contribution is -3.12. The van der Waals surface area contributed by atoms with Gasteiger partial charge < -0.3 is 14.6 Å². The van der Waals surface area contributed by atoms with Crippen LogP contribution < -0.4 is 14.9 Å². The zero-order chi connectivity index (χ0) is 19.0. The molecule has 0 aliphatic heterocycles. The van der Waals surface area contributed by atoms with Crippen molar-refractivity contribution in [3.8, 4) is 0 Å². The van der Waals surface area contributed by atoms with Crippen LogP contribution in [-0.2, 0) is 16.6 Å². The van der Waals surface area contributed by atoms with Gasteiger partial charge in [0.15, 0.2) is 0 Å². The maximum absolute atomic E-state index is 12.3. The van der Waals surface area contributed by atoms with Crippen LogP contribution in [-0.4, -0.2) is 40.5 Å². The van der Waals surface area contributed by atoms with Crippen LogP contribution in [0.2, 0.25) is 0 Å². The van der Waals surface area contributed by atoms with Crippen molar-refractivity contribution in [2.45, 2.75) is 25.3 Å². The number of amides is 1. The van der Waals surface area contributed by atoms with Crippen LogP contribution in [0.5, 0.6) is 0 Å². The van der Waals surface area contributed by atoms with Crippen molar-refractivity contribution in [3.63, 3.8) is 0 Å². The molecular weight excluding hydrogens is 354 g/mol. The number of sulfonamides is 1. The molecule has 0 fully saturated rings. The van der Waals surface area contributed by atoms with Gasteiger partial charge in [-0.3, -0.25) is 4.79 Å². The molecule has 1 aromatic heterocycles. The highest BCUT2D eigenvalue weighted by atomic mass is 32.2. The van der Waals surface area contributed by atoms with Crippen molar-refractivity contribution in [3.05, 3.63) is 54.0 Å². The number of hydrogen-bond acceptors (Lipinski definition) is 4. The van der Waals surface area contributed by atoms with Gasteiger partial charge >= 0.3 is 0 Å². The number of rotatable bonds is 10. The minimum Gasteiger partial charge on any atom is -0.468 e. The number of carbonyl (C=O) groups excluding carboxylic acids is 1. The fourth-order valence-corrected chi connectivity index (χ4v) is 3.50. The third-order valence-corrected chi connectivity index (χ3v) is 5.62. The molecule has 1 amide bonds. The van der Waals surface area contributed by atoms with E-state index < -0.39 is 10.0 Å². The van der Waals surface area contributed by atoms with Gasteiger partial charge in [-0.2, -0.15) is 0 Å². The van der Waals surface area contributed by atoms with Gasteiger partial charge in [0, 0.05) is 5.56 Å². The Hall–Kier alpha value is -2.16. The molecule has 1 heterocycles. The van der Waals surface area contributed by atoms with Crippen LogP contribution in [0.1, 0.15) is 30.0 Å². The molecule has 2 rings (SSSR count). The van der Waals surface area contributed by atoms with Crippen LogP contribution in [0, 0.1) is 0 Å². The molecule has 0 aliphatic carbocycles. The third kappa shape index (κ3) is 5.69. The average Bonchev–Trinajstić information content (AvgIpc) is 3.17. The van der Waals surface area contributed by atoms with Crippen molar-refractivity contribution in [2.75, 3.05) is 26.2 Å². The molecular formula is C18H26N3O4S+. The molecule has 0 bridgehead atoms. The lowest BCUT2D eigenvalue weighted by molar-refractivity contribution is -0.895. The smallest absolute Gasteiger partial charge is 0.251 e. The molecule has 0 atom stereocenters. The van der Waals surface area contributed by atoms with E-state index in [9.17, 15) is 13.2 Å². The van der Waals surface area contributed by atoms with Crippen molar-refractivity contribution >= 4 is 15.9 Å². The Labute approximate surface area is 154 Å². The van der Waals surface area contributed by atoms with Crippen LogP contribution in [0.15, 0.2) is 52.0 Å². The summed E-state index contributed by atoms with van der Waals surface area (Å²) in [5.74, 6) is 0.323. The van der Waals surface area contributed by atoms with E-state index in [-0.39, 0.29) is 17.3 Å². The molecule has 0 saturated heterocycles. The Balaban J connectivity index is 1.91. The van der Waals surface area contributed by atoms with Crippen LogP contribution >= 0.6 is 0 Å². The Morgan fingerprint density at radius 3 is 2.38 bits per heavy atom. The molecule has 0 aliphatic rings. The summed E-state index contributed by atoms with van der Waals surface area (Å²) in [6.07, 6.45) is 1.48. The van der Waals surface area contributed by atoms with Crippen molar-refractivity contribution < 1.29 is 22.5 Å². The number of carbonyl (C=O) groups is 1. The molecule has 0 saturated carbocycles. The highest BCUT2D eigenvalue weighted by Crippen LogP contribution is 2.11. The summed E-state index contributed by atoms with van der Waals surface area (Å²) in [7, 11) is -3.66. The topological polar surface area (TPSA) is 92.9 Å². The maximum atomic E-state index is 12.3. The number of nitrogens with one attached hydrogen (secondary N) is 3. The Bertz CT molecular complexity index is 782. The highest BCUT2D eigenvalue weighted by Gasteiger charge is 2.15. The van der Waals surface area contributed by atoms with Crippen LogP contribution in [0.4, 0.5) is 0 Å². The van der Waals surface area contributed by atoms with Gasteiger partial charge in [0.2, 0.25) is 10.0 Å². The van der Waals surface area contributed by atoms with E-state index in [2.05, 4.69) is 23.9 Å². The molecule has 0 unspecified atom stereocenters. The van der Waals surface area contributed by atoms with E-state index in [0.717, 1.165) is 19.6 Å². The monoisotopic (exact) mass is 380 g/mol. The van der Waals surface area contributed by atoms with Gasteiger partial charge in [-0.15, -0.1) is 0 Å².